The SMILES string of the molecule is O=C(c1cccc(C(=O)n2ccnn2)c1)n1ccnn1. The van der Waals surface area contributed by atoms with Crippen LogP contribution in [-0.4, -0.2) is 41.8 Å². The van der Waals surface area contributed by atoms with Gasteiger partial charge in [-0.1, -0.05) is 16.5 Å². The van der Waals surface area contributed by atoms with Crippen LogP contribution in [0.4, 0.5) is 0 Å². The van der Waals surface area contributed by atoms with E-state index in [1.807, 2.05) is 0 Å². The first kappa shape index (κ1) is 11.9. The number of nitrogens with zero attached hydrogens (tertiary/aromatic N) is 6. The smallest absolute Gasteiger partial charge is 0.267 e. The number of hydrogen-bond acceptors (Lipinski definition) is 6. The minimum absolute atomic E-state index is 0.335. The van der Waals surface area contributed by atoms with Crippen molar-refractivity contribution in [1.82, 2.24) is 30.0 Å². The number of hydrogen-bond donors (Lipinski definition) is 0. The summed E-state index contributed by atoms with van der Waals surface area (Å²) in [7, 11) is 0. The van der Waals surface area contributed by atoms with E-state index in [1.165, 1.54) is 30.9 Å². The third-order valence-electron chi connectivity index (χ3n) is 2.62. The second kappa shape index (κ2) is 4.84. The van der Waals surface area contributed by atoms with Crippen molar-refractivity contribution in [1.29, 1.82) is 0 Å². The molecule has 8 heteroatoms. The van der Waals surface area contributed by atoms with Gasteiger partial charge in [0.05, 0.1) is 24.8 Å². The summed E-state index contributed by atoms with van der Waals surface area (Å²) >= 11 is 0. The number of carbonyl (C=O) groups excluding carboxylic acids is 2. The molecule has 20 heavy (non-hydrogen) atoms. The molecule has 0 aliphatic rings. The maximum Gasteiger partial charge on any atom is 0.279 e. The first-order valence-corrected chi connectivity index (χ1v) is 5.68. The van der Waals surface area contributed by atoms with Crippen molar-refractivity contribution < 1.29 is 9.59 Å². The Bertz CT molecular complexity index is 687. The van der Waals surface area contributed by atoms with E-state index in [9.17, 15) is 9.59 Å². The molecule has 2 aromatic heterocycles. The van der Waals surface area contributed by atoms with Crippen molar-refractivity contribution in [2.75, 3.05) is 0 Å². The van der Waals surface area contributed by atoms with Crippen molar-refractivity contribution in [3.63, 3.8) is 0 Å². The number of carbonyl (C=O) groups is 2. The molecule has 0 amide bonds. The quantitative estimate of drug-likeness (QED) is 0.661. The first-order valence-electron chi connectivity index (χ1n) is 5.68. The fourth-order valence-corrected chi connectivity index (χ4v) is 1.68. The molecule has 0 radical (unpaired) electrons. The molecule has 0 N–H and O–H groups in total. The average Bonchev–Trinajstić information content (AvgIpc) is 3.18. The van der Waals surface area contributed by atoms with Gasteiger partial charge >= 0.3 is 0 Å². The Morgan fingerprint density at radius 2 is 1.35 bits per heavy atom. The topological polar surface area (TPSA) is 95.6 Å². The van der Waals surface area contributed by atoms with E-state index in [4.69, 9.17) is 0 Å². The highest BCUT2D eigenvalue weighted by Crippen LogP contribution is 2.08. The van der Waals surface area contributed by atoms with E-state index in [0.717, 1.165) is 9.36 Å². The Morgan fingerprint density at radius 3 is 1.75 bits per heavy atom. The normalized spacial score (nSPS) is 10.4. The molecule has 0 bridgehead atoms. The molecule has 0 unspecified atom stereocenters. The number of aromatic nitrogens is 6. The molecule has 0 aliphatic heterocycles. The molecule has 0 fully saturated rings. The minimum Gasteiger partial charge on any atom is -0.267 e. The first-order chi connectivity index (χ1) is 9.75. The Morgan fingerprint density at radius 1 is 0.850 bits per heavy atom. The number of rotatable bonds is 2. The summed E-state index contributed by atoms with van der Waals surface area (Å²) in [5.74, 6) is -0.730. The Labute approximate surface area is 112 Å². The predicted molar refractivity (Wildman–Crippen MR) is 65.9 cm³/mol. The van der Waals surface area contributed by atoms with Crippen LogP contribution in [0.15, 0.2) is 49.1 Å². The van der Waals surface area contributed by atoms with Crippen molar-refractivity contribution in [2.24, 2.45) is 0 Å². The lowest BCUT2D eigenvalue weighted by Gasteiger charge is -2.03. The van der Waals surface area contributed by atoms with Gasteiger partial charge in [-0.15, -0.1) is 10.2 Å². The molecule has 3 aromatic rings. The molecule has 2 heterocycles. The Kier molecular flexibility index (Phi) is 2.88. The van der Waals surface area contributed by atoms with Gasteiger partial charge in [-0.2, -0.15) is 9.36 Å². The molecule has 1 aromatic carbocycles. The predicted octanol–water partition coefficient (Wildman–Crippen LogP) is 0.247. The molecule has 0 saturated carbocycles. The van der Waals surface area contributed by atoms with Crippen LogP contribution in [0.5, 0.6) is 0 Å². The minimum atomic E-state index is -0.365. The third kappa shape index (κ3) is 2.09. The summed E-state index contributed by atoms with van der Waals surface area (Å²) in [6.07, 6.45) is 5.69. The van der Waals surface area contributed by atoms with E-state index < -0.39 is 0 Å². The van der Waals surface area contributed by atoms with Crippen LogP contribution in [0.3, 0.4) is 0 Å². The van der Waals surface area contributed by atoms with Crippen LogP contribution >= 0.6 is 0 Å². The fourth-order valence-electron chi connectivity index (χ4n) is 1.68. The largest absolute Gasteiger partial charge is 0.279 e. The highest BCUT2D eigenvalue weighted by Gasteiger charge is 2.14. The maximum absolute atomic E-state index is 12.1. The Hall–Kier alpha value is -3.16. The van der Waals surface area contributed by atoms with E-state index in [-0.39, 0.29) is 11.8 Å². The van der Waals surface area contributed by atoms with Gasteiger partial charge in [0.25, 0.3) is 11.8 Å². The lowest BCUT2D eigenvalue weighted by molar-refractivity contribution is 0.0942. The van der Waals surface area contributed by atoms with Crippen molar-refractivity contribution in [3.8, 4) is 0 Å². The average molecular weight is 268 g/mol. The van der Waals surface area contributed by atoms with Gasteiger partial charge in [0, 0.05) is 11.1 Å². The van der Waals surface area contributed by atoms with E-state index in [2.05, 4.69) is 20.6 Å². The van der Waals surface area contributed by atoms with E-state index >= 15 is 0 Å². The highest BCUT2D eigenvalue weighted by molar-refractivity contribution is 6.00. The summed E-state index contributed by atoms with van der Waals surface area (Å²) in [6, 6.07) is 6.30. The van der Waals surface area contributed by atoms with Crippen molar-refractivity contribution in [3.05, 3.63) is 60.2 Å². The summed E-state index contributed by atoms with van der Waals surface area (Å²) in [4.78, 5) is 24.2. The van der Waals surface area contributed by atoms with Gasteiger partial charge in [0.15, 0.2) is 0 Å². The van der Waals surface area contributed by atoms with Crippen LogP contribution < -0.4 is 0 Å². The summed E-state index contributed by atoms with van der Waals surface area (Å²) in [5.41, 5.74) is 0.669. The van der Waals surface area contributed by atoms with Gasteiger partial charge in [0.1, 0.15) is 0 Å². The van der Waals surface area contributed by atoms with Gasteiger partial charge in [-0.05, 0) is 18.2 Å². The van der Waals surface area contributed by atoms with E-state index in [0.29, 0.717) is 11.1 Å². The highest BCUT2D eigenvalue weighted by atomic mass is 16.2. The number of benzene rings is 1. The second-order valence-electron chi connectivity index (χ2n) is 3.89. The summed E-state index contributed by atoms with van der Waals surface area (Å²) in [5, 5.41) is 14.4. The third-order valence-corrected chi connectivity index (χ3v) is 2.62. The molecule has 8 nitrogen and oxygen atoms in total. The molecule has 0 saturated heterocycles. The monoisotopic (exact) mass is 268 g/mol. The van der Waals surface area contributed by atoms with Gasteiger partial charge in [-0.3, -0.25) is 9.59 Å². The maximum atomic E-state index is 12.1. The summed E-state index contributed by atoms with van der Waals surface area (Å²) < 4.78 is 2.19. The zero-order valence-electron chi connectivity index (χ0n) is 10.1. The van der Waals surface area contributed by atoms with Crippen LogP contribution in [0.1, 0.15) is 20.7 Å². The second-order valence-corrected chi connectivity index (χ2v) is 3.89. The lowest BCUT2D eigenvalue weighted by atomic mass is 10.1. The Balaban J connectivity index is 1.94. The zero-order chi connectivity index (χ0) is 13.9. The van der Waals surface area contributed by atoms with Crippen LogP contribution in [0.25, 0.3) is 0 Å². The molecule has 98 valence electrons. The van der Waals surface area contributed by atoms with Crippen LogP contribution in [0, 0.1) is 0 Å². The van der Waals surface area contributed by atoms with Gasteiger partial charge in [0.2, 0.25) is 0 Å². The van der Waals surface area contributed by atoms with Gasteiger partial charge in [-0.25, -0.2) is 0 Å². The lowest BCUT2D eigenvalue weighted by Crippen LogP contribution is -2.16. The molecule has 0 aliphatic carbocycles. The van der Waals surface area contributed by atoms with Gasteiger partial charge < -0.3 is 0 Å². The fraction of sp³-hybridized carbons (Fsp3) is 0. The van der Waals surface area contributed by atoms with Crippen LogP contribution in [-0.2, 0) is 0 Å². The van der Waals surface area contributed by atoms with E-state index in [1.54, 1.807) is 18.2 Å². The zero-order valence-corrected chi connectivity index (χ0v) is 10.1. The van der Waals surface area contributed by atoms with Crippen LogP contribution in [0.2, 0.25) is 0 Å². The standard InChI is InChI=1S/C12H8N6O2/c19-11(17-6-4-13-15-17)9-2-1-3-10(8-9)12(20)18-7-5-14-16-18/h1-8H. The van der Waals surface area contributed by atoms with Crippen molar-refractivity contribution >= 4 is 11.8 Å². The molecule has 0 spiro atoms. The molecular weight excluding hydrogens is 260 g/mol. The molecule has 0 atom stereocenters. The molecular formula is C12H8N6O2. The summed E-state index contributed by atoms with van der Waals surface area (Å²) in [6.45, 7) is 0. The molecule has 3 rings (SSSR count). The van der Waals surface area contributed by atoms with Crippen molar-refractivity contribution in [2.45, 2.75) is 0 Å².